The number of fused-ring (bicyclic) bond motifs is 2. The summed E-state index contributed by atoms with van der Waals surface area (Å²) < 4.78 is 1.06. The van der Waals surface area contributed by atoms with E-state index < -0.39 is 0 Å². The first-order valence-corrected chi connectivity index (χ1v) is 10.1. The Hall–Kier alpha value is -2.38. The number of thioether (sulfide) groups is 1. The molecule has 4 rings (SSSR count). The minimum Gasteiger partial charge on any atom is -0.325 e. The predicted molar refractivity (Wildman–Crippen MR) is 107 cm³/mol. The molecule has 5 nitrogen and oxygen atoms in total. The smallest absolute Gasteiger partial charge is 0.257 e. The van der Waals surface area contributed by atoms with E-state index in [9.17, 15) is 9.59 Å². The van der Waals surface area contributed by atoms with Gasteiger partial charge in [-0.25, -0.2) is 4.98 Å². The Labute approximate surface area is 159 Å². The number of hydrogen-bond acceptors (Lipinski definition) is 5. The third-order valence-corrected chi connectivity index (χ3v) is 6.15. The highest BCUT2D eigenvalue weighted by atomic mass is 32.2. The summed E-state index contributed by atoms with van der Waals surface area (Å²) in [7, 11) is 0. The second-order valence-corrected chi connectivity index (χ2v) is 8.43. The summed E-state index contributed by atoms with van der Waals surface area (Å²) in [6, 6.07) is 9.54. The summed E-state index contributed by atoms with van der Waals surface area (Å²) in [5.41, 5.74) is 4.39. The molecule has 2 heterocycles. The van der Waals surface area contributed by atoms with Gasteiger partial charge in [-0.1, -0.05) is 17.4 Å². The van der Waals surface area contributed by atoms with Crippen molar-refractivity contribution < 1.29 is 9.59 Å². The molecule has 7 heteroatoms. The Morgan fingerprint density at radius 1 is 1.23 bits per heavy atom. The maximum atomic E-state index is 12.6. The van der Waals surface area contributed by atoms with E-state index in [0.29, 0.717) is 22.8 Å². The number of carbonyl (C=O) groups is 2. The third kappa shape index (κ3) is 3.32. The number of aromatic nitrogens is 1. The van der Waals surface area contributed by atoms with Gasteiger partial charge in [-0.05, 0) is 49.2 Å². The van der Waals surface area contributed by atoms with Gasteiger partial charge in [0.25, 0.3) is 5.91 Å². The van der Waals surface area contributed by atoms with E-state index >= 15 is 0 Å². The second kappa shape index (κ2) is 6.74. The van der Waals surface area contributed by atoms with E-state index in [0.717, 1.165) is 26.4 Å². The largest absolute Gasteiger partial charge is 0.325 e. The molecule has 0 aliphatic carbocycles. The van der Waals surface area contributed by atoms with Gasteiger partial charge in [0, 0.05) is 22.6 Å². The number of benzene rings is 2. The molecule has 0 fully saturated rings. The van der Waals surface area contributed by atoms with Crippen LogP contribution in [0.2, 0.25) is 0 Å². The zero-order valence-electron chi connectivity index (χ0n) is 14.4. The van der Waals surface area contributed by atoms with E-state index in [1.807, 2.05) is 19.9 Å². The Morgan fingerprint density at radius 2 is 2.08 bits per heavy atom. The monoisotopic (exact) mass is 383 g/mol. The maximum absolute atomic E-state index is 12.6. The van der Waals surface area contributed by atoms with Crippen molar-refractivity contribution in [3.8, 4) is 0 Å². The molecular formula is C19H17N3O2S2. The first-order valence-electron chi connectivity index (χ1n) is 8.25. The van der Waals surface area contributed by atoms with Gasteiger partial charge in [0.1, 0.15) is 0 Å². The lowest BCUT2D eigenvalue weighted by Gasteiger charge is -2.08. The molecule has 0 unspecified atom stereocenters. The minimum atomic E-state index is -0.232. The Morgan fingerprint density at radius 3 is 2.92 bits per heavy atom. The molecular weight excluding hydrogens is 366 g/mol. The fraction of sp³-hybridized carbons (Fsp3) is 0.211. The van der Waals surface area contributed by atoms with E-state index in [4.69, 9.17) is 0 Å². The predicted octanol–water partition coefficient (Wildman–Crippen LogP) is 4.60. The standard InChI is InChI=1S/C19H17N3O2S2/c1-10-7-11(2)17-15(8-10)26-19(21-17)22-18(24)12-3-4-14-13(9-12)20-16(23)5-6-25-14/h3-4,7-9H,5-6H2,1-2H3,(H,20,23)(H,21,22,24). The number of hydrogen-bond donors (Lipinski definition) is 2. The highest BCUT2D eigenvalue weighted by Gasteiger charge is 2.17. The number of carbonyl (C=O) groups excluding carboxylic acids is 2. The molecule has 2 N–H and O–H groups in total. The third-order valence-electron chi connectivity index (χ3n) is 4.15. The zero-order chi connectivity index (χ0) is 18.3. The topological polar surface area (TPSA) is 71.1 Å². The maximum Gasteiger partial charge on any atom is 0.257 e. The van der Waals surface area contributed by atoms with Crippen LogP contribution in [0.25, 0.3) is 10.2 Å². The van der Waals surface area contributed by atoms with Crippen molar-refractivity contribution in [2.45, 2.75) is 25.2 Å². The highest BCUT2D eigenvalue weighted by molar-refractivity contribution is 7.99. The second-order valence-electron chi connectivity index (χ2n) is 6.26. The first-order chi connectivity index (χ1) is 12.5. The van der Waals surface area contributed by atoms with Crippen molar-refractivity contribution in [3.05, 3.63) is 47.0 Å². The molecule has 2 aromatic carbocycles. The van der Waals surface area contributed by atoms with E-state index in [-0.39, 0.29) is 11.8 Å². The summed E-state index contributed by atoms with van der Waals surface area (Å²) >= 11 is 3.08. The zero-order valence-corrected chi connectivity index (χ0v) is 16.0. The number of rotatable bonds is 2. The molecule has 0 saturated heterocycles. The van der Waals surface area contributed by atoms with Crippen molar-refractivity contribution in [2.24, 2.45) is 0 Å². The molecule has 0 radical (unpaired) electrons. The fourth-order valence-electron chi connectivity index (χ4n) is 2.95. The van der Waals surface area contributed by atoms with Crippen molar-refractivity contribution in [3.63, 3.8) is 0 Å². The Kier molecular flexibility index (Phi) is 4.42. The number of anilines is 2. The summed E-state index contributed by atoms with van der Waals surface area (Å²) in [6.07, 6.45) is 0.478. The van der Waals surface area contributed by atoms with Crippen LogP contribution in [0.3, 0.4) is 0 Å². The number of aryl methyl sites for hydroxylation is 2. The summed E-state index contributed by atoms with van der Waals surface area (Å²) in [5.74, 6) is 0.491. The van der Waals surface area contributed by atoms with Crippen LogP contribution in [0, 0.1) is 13.8 Å². The van der Waals surface area contributed by atoms with Gasteiger partial charge < -0.3 is 5.32 Å². The number of amides is 2. The quantitative estimate of drug-likeness (QED) is 0.678. The van der Waals surface area contributed by atoms with Crippen LogP contribution in [0.1, 0.15) is 27.9 Å². The molecule has 0 saturated carbocycles. The van der Waals surface area contributed by atoms with Crippen LogP contribution < -0.4 is 10.6 Å². The van der Waals surface area contributed by atoms with Gasteiger partial charge in [0.05, 0.1) is 15.9 Å². The normalized spacial score (nSPS) is 13.8. The molecule has 0 spiro atoms. The summed E-state index contributed by atoms with van der Waals surface area (Å²) in [6.45, 7) is 4.07. The van der Waals surface area contributed by atoms with E-state index in [1.54, 1.807) is 23.9 Å². The fourth-order valence-corrected chi connectivity index (χ4v) is 4.93. The van der Waals surface area contributed by atoms with Crippen molar-refractivity contribution in [1.29, 1.82) is 0 Å². The van der Waals surface area contributed by atoms with Crippen LogP contribution in [-0.2, 0) is 4.79 Å². The molecule has 132 valence electrons. The molecule has 1 aromatic heterocycles. The summed E-state index contributed by atoms with van der Waals surface area (Å²) in [4.78, 5) is 29.9. The number of thiazole rings is 1. The Balaban J connectivity index is 1.60. The van der Waals surface area contributed by atoms with E-state index in [1.165, 1.54) is 16.9 Å². The molecule has 0 atom stereocenters. The lowest BCUT2D eigenvalue weighted by atomic mass is 10.1. The van der Waals surface area contributed by atoms with Gasteiger partial charge in [0.15, 0.2) is 5.13 Å². The van der Waals surface area contributed by atoms with Gasteiger partial charge in [0.2, 0.25) is 5.91 Å². The molecule has 3 aromatic rings. The van der Waals surface area contributed by atoms with Crippen molar-refractivity contribution in [1.82, 2.24) is 4.98 Å². The lowest BCUT2D eigenvalue weighted by molar-refractivity contribution is -0.115. The van der Waals surface area contributed by atoms with Crippen LogP contribution in [0.4, 0.5) is 10.8 Å². The van der Waals surface area contributed by atoms with Crippen LogP contribution in [0.15, 0.2) is 35.2 Å². The van der Waals surface area contributed by atoms with Crippen LogP contribution in [-0.4, -0.2) is 22.6 Å². The summed E-state index contributed by atoms with van der Waals surface area (Å²) in [5, 5.41) is 6.32. The average Bonchev–Trinajstić information content (AvgIpc) is 2.88. The van der Waals surface area contributed by atoms with Crippen LogP contribution in [0.5, 0.6) is 0 Å². The average molecular weight is 383 g/mol. The molecule has 0 bridgehead atoms. The Bertz CT molecular complexity index is 1040. The van der Waals surface area contributed by atoms with Gasteiger partial charge >= 0.3 is 0 Å². The van der Waals surface area contributed by atoms with Gasteiger partial charge in [-0.3, -0.25) is 14.9 Å². The SMILES string of the molecule is Cc1cc(C)c2nc(NC(=O)c3ccc4c(c3)NC(=O)CCS4)sc2c1. The number of nitrogens with one attached hydrogen (secondary N) is 2. The van der Waals surface area contributed by atoms with Crippen molar-refractivity contribution >= 4 is 55.9 Å². The number of nitrogens with zero attached hydrogens (tertiary/aromatic N) is 1. The molecule has 1 aliphatic heterocycles. The van der Waals surface area contributed by atoms with Crippen molar-refractivity contribution in [2.75, 3.05) is 16.4 Å². The van der Waals surface area contributed by atoms with Gasteiger partial charge in [-0.2, -0.15) is 0 Å². The minimum absolute atomic E-state index is 0.0224. The highest BCUT2D eigenvalue weighted by Crippen LogP contribution is 2.32. The molecule has 26 heavy (non-hydrogen) atoms. The lowest BCUT2D eigenvalue weighted by Crippen LogP contribution is -2.14. The van der Waals surface area contributed by atoms with E-state index in [2.05, 4.69) is 27.8 Å². The van der Waals surface area contributed by atoms with Crippen LogP contribution >= 0.6 is 23.1 Å². The molecule has 1 aliphatic rings. The molecule has 2 amide bonds. The first kappa shape index (κ1) is 17.1. The van der Waals surface area contributed by atoms with Gasteiger partial charge in [-0.15, -0.1) is 11.8 Å².